The van der Waals surface area contributed by atoms with E-state index in [0.29, 0.717) is 11.5 Å². The molecule has 2 nitrogen and oxygen atoms in total. The zero-order valence-electron chi connectivity index (χ0n) is 11.0. The predicted octanol–water partition coefficient (Wildman–Crippen LogP) is 3.67. The maximum atomic E-state index is 13.2. The summed E-state index contributed by atoms with van der Waals surface area (Å²) >= 11 is 3.38. The highest BCUT2D eigenvalue weighted by Crippen LogP contribution is 2.13. The highest BCUT2D eigenvalue weighted by molar-refractivity contribution is 9.09. The Kier molecular flexibility index (Phi) is 5.79. The van der Waals surface area contributed by atoms with Crippen molar-refractivity contribution in [3.63, 3.8) is 0 Å². The zero-order valence-corrected chi connectivity index (χ0v) is 12.6. The SMILES string of the molecule is Cc1ccc(F)cc1C(=O)NC(CCBr)C(C)C. The van der Waals surface area contributed by atoms with Gasteiger partial charge in [-0.25, -0.2) is 4.39 Å². The lowest BCUT2D eigenvalue weighted by Crippen LogP contribution is -2.39. The Morgan fingerprint density at radius 1 is 1.44 bits per heavy atom. The van der Waals surface area contributed by atoms with Crippen LogP contribution in [0, 0.1) is 18.7 Å². The number of halogens is 2. The summed E-state index contributed by atoms with van der Waals surface area (Å²) in [5.74, 6) is -0.237. The second kappa shape index (κ2) is 6.88. The summed E-state index contributed by atoms with van der Waals surface area (Å²) in [6.45, 7) is 5.93. The van der Waals surface area contributed by atoms with E-state index in [0.717, 1.165) is 17.3 Å². The number of carbonyl (C=O) groups excluding carboxylic acids is 1. The lowest BCUT2D eigenvalue weighted by Gasteiger charge is -2.22. The van der Waals surface area contributed by atoms with Gasteiger partial charge < -0.3 is 5.32 Å². The number of hydrogen-bond acceptors (Lipinski definition) is 1. The summed E-state index contributed by atoms with van der Waals surface area (Å²) in [6.07, 6.45) is 0.859. The molecule has 0 spiro atoms. The topological polar surface area (TPSA) is 29.1 Å². The van der Waals surface area contributed by atoms with Crippen molar-refractivity contribution in [3.8, 4) is 0 Å². The monoisotopic (exact) mass is 315 g/mol. The summed E-state index contributed by atoms with van der Waals surface area (Å²) in [4.78, 5) is 12.1. The summed E-state index contributed by atoms with van der Waals surface area (Å²) in [6, 6.07) is 4.37. The smallest absolute Gasteiger partial charge is 0.251 e. The number of aryl methyl sites for hydroxylation is 1. The Hall–Kier alpha value is -0.900. The van der Waals surface area contributed by atoms with Crippen LogP contribution in [-0.4, -0.2) is 17.3 Å². The lowest BCUT2D eigenvalue weighted by atomic mass is 10.0. The molecule has 0 saturated heterocycles. The van der Waals surface area contributed by atoms with Gasteiger partial charge in [-0.2, -0.15) is 0 Å². The van der Waals surface area contributed by atoms with E-state index in [2.05, 4.69) is 35.1 Å². The van der Waals surface area contributed by atoms with Crippen molar-refractivity contribution in [3.05, 3.63) is 35.1 Å². The van der Waals surface area contributed by atoms with E-state index in [4.69, 9.17) is 0 Å². The first kappa shape index (κ1) is 15.2. The van der Waals surface area contributed by atoms with E-state index in [9.17, 15) is 9.18 Å². The van der Waals surface area contributed by atoms with Crippen LogP contribution in [0.25, 0.3) is 0 Å². The summed E-state index contributed by atoms with van der Waals surface area (Å²) in [5.41, 5.74) is 1.20. The Morgan fingerprint density at radius 3 is 2.67 bits per heavy atom. The fraction of sp³-hybridized carbons (Fsp3) is 0.500. The molecule has 1 aromatic rings. The van der Waals surface area contributed by atoms with Crippen LogP contribution >= 0.6 is 15.9 Å². The van der Waals surface area contributed by atoms with E-state index in [1.54, 1.807) is 6.07 Å². The van der Waals surface area contributed by atoms with Gasteiger partial charge in [0.15, 0.2) is 0 Å². The minimum atomic E-state index is -0.382. The quantitative estimate of drug-likeness (QED) is 0.825. The van der Waals surface area contributed by atoms with Crippen molar-refractivity contribution in [2.75, 3.05) is 5.33 Å². The summed E-state index contributed by atoms with van der Waals surface area (Å²) in [5, 5.41) is 3.80. The van der Waals surface area contributed by atoms with Crippen molar-refractivity contribution in [1.82, 2.24) is 5.32 Å². The van der Waals surface area contributed by atoms with Crippen molar-refractivity contribution >= 4 is 21.8 Å². The van der Waals surface area contributed by atoms with Gasteiger partial charge in [0.1, 0.15) is 5.82 Å². The standard InChI is InChI=1S/C14H19BrFNO/c1-9(2)13(6-7-15)17-14(18)12-8-11(16)5-4-10(12)3/h4-5,8-9,13H,6-7H2,1-3H3,(H,17,18). The maximum Gasteiger partial charge on any atom is 0.251 e. The second-order valence-electron chi connectivity index (χ2n) is 4.76. The van der Waals surface area contributed by atoms with Gasteiger partial charge in [-0.15, -0.1) is 0 Å². The number of carbonyl (C=O) groups is 1. The predicted molar refractivity (Wildman–Crippen MR) is 75.6 cm³/mol. The fourth-order valence-corrected chi connectivity index (χ4v) is 2.27. The molecule has 1 N–H and O–H groups in total. The third-order valence-electron chi connectivity index (χ3n) is 2.99. The van der Waals surface area contributed by atoms with E-state index in [-0.39, 0.29) is 17.8 Å². The minimum absolute atomic E-state index is 0.0968. The number of amides is 1. The molecule has 1 amide bonds. The molecule has 1 aromatic carbocycles. The first-order chi connectivity index (χ1) is 8.45. The van der Waals surface area contributed by atoms with Gasteiger partial charge in [0.25, 0.3) is 5.91 Å². The van der Waals surface area contributed by atoms with Gasteiger partial charge in [-0.3, -0.25) is 4.79 Å². The molecule has 1 atom stereocenters. The number of benzene rings is 1. The molecule has 0 aromatic heterocycles. The first-order valence-electron chi connectivity index (χ1n) is 6.08. The number of rotatable bonds is 5. The van der Waals surface area contributed by atoms with Crippen LogP contribution in [0.5, 0.6) is 0 Å². The summed E-state index contributed by atoms with van der Waals surface area (Å²) < 4.78 is 13.2. The van der Waals surface area contributed by atoms with Crippen molar-refractivity contribution in [2.45, 2.75) is 33.2 Å². The highest BCUT2D eigenvalue weighted by atomic mass is 79.9. The second-order valence-corrected chi connectivity index (χ2v) is 5.55. The van der Waals surface area contributed by atoms with Crippen molar-refractivity contribution in [2.24, 2.45) is 5.92 Å². The molecule has 1 unspecified atom stereocenters. The van der Waals surface area contributed by atoms with E-state index >= 15 is 0 Å². The highest BCUT2D eigenvalue weighted by Gasteiger charge is 2.18. The van der Waals surface area contributed by atoms with E-state index in [1.165, 1.54) is 12.1 Å². The Balaban J connectivity index is 2.83. The van der Waals surface area contributed by atoms with Gasteiger partial charge in [-0.1, -0.05) is 35.8 Å². The van der Waals surface area contributed by atoms with Crippen LogP contribution in [0.1, 0.15) is 36.2 Å². The zero-order chi connectivity index (χ0) is 13.7. The average molecular weight is 316 g/mol. The number of alkyl halides is 1. The van der Waals surface area contributed by atoms with Crippen LogP contribution < -0.4 is 5.32 Å². The summed E-state index contributed by atoms with van der Waals surface area (Å²) in [7, 11) is 0. The van der Waals surface area contributed by atoms with Crippen molar-refractivity contribution in [1.29, 1.82) is 0 Å². The third-order valence-corrected chi connectivity index (χ3v) is 3.44. The van der Waals surface area contributed by atoms with E-state index in [1.807, 2.05) is 6.92 Å². The van der Waals surface area contributed by atoms with Crippen molar-refractivity contribution < 1.29 is 9.18 Å². The Labute approximate surface area is 116 Å². The average Bonchev–Trinajstić information content (AvgIpc) is 2.31. The molecule has 4 heteroatoms. The third kappa shape index (κ3) is 4.09. The van der Waals surface area contributed by atoms with Gasteiger partial charge in [0, 0.05) is 16.9 Å². The largest absolute Gasteiger partial charge is 0.349 e. The Bertz CT molecular complexity index is 420. The fourth-order valence-electron chi connectivity index (χ4n) is 1.77. The molecule has 18 heavy (non-hydrogen) atoms. The van der Waals surface area contributed by atoms with Gasteiger partial charge in [-0.05, 0) is 37.0 Å². The van der Waals surface area contributed by atoms with Crippen LogP contribution in [0.3, 0.4) is 0 Å². The van der Waals surface area contributed by atoms with Gasteiger partial charge in [0.05, 0.1) is 0 Å². The molecule has 0 saturated carbocycles. The van der Waals surface area contributed by atoms with Crippen LogP contribution in [0.4, 0.5) is 4.39 Å². The molecule has 0 radical (unpaired) electrons. The normalized spacial score (nSPS) is 12.6. The molecule has 1 rings (SSSR count). The molecule has 100 valence electrons. The maximum absolute atomic E-state index is 13.2. The molecule has 0 aliphatic rings. The lowest BCUT2D eigenvalue weighted by molar-refractivity contribution is 0.0924. The number of hydrogen-bond donors (Lipinski definition) is 1. The molecular formula is C14H19BrFNO. The minimum Gasteiger partial charge on any atom is -0.349 e. The molecule has 0 aliphatic heterocycles. The van der Waals surface area contributed by atoms with E-state index < -0.39 is 0 Å². The molecule has 0 fully saturated rings. The van der Waals surface area contributed by atoms with Crippen LogP contribution in [0.15, 0.2) is 18.2 Å². The molecule has 0 heterocycles. The molecule has 0 aliphatic carbocycles. The van der Waals surface area contributed by atoms with Gasteiger partial charge >= 0.3 is 0 Å². The van der Waals surface area contributed by atoms with Gasteiger partial charge in [0.2, 0.25) is 0 Å². The number of nitrogens with one attached hydrogen (secondary N) is 1. The Morgan fingerprint density at radius 2 is 2.11 bits per heavy atom. The molecular weight excluding hydrogens is 297 g/mol. The van der Waals surface area contributed by atoms with Crippen LogP contribution in [0.2, 0.25) is 0 Å². The molecule has 0 bridgehead atoms. The van der Waals surface area contributed by atoms with Crippen LogP contribution in [-0.2, 0) is 0 Å². The first-order valence-corrected chi connectivity index (χ1v) is 7.20.